The van der Waals surface area contributed by atoms with Crippen LogP contribution in [0.1, 0.15) is 82.3 Å². The normalized spacial score (nSPS) is 18.7. The number of carbonyl (C=O) groups is 2. The number of halogens is 1. The van der Waals surface area contributed by atoms with E-state index in [2.05, 4.69) is 35.1 Å². The minimum atomic E-state index is 0.133. The summed E-state index contributed by atoms with van der Waals surface area (Å²) in [7, 11) is 1.65. The Kier molecular flexibility index (Phi) is 13.2. The van der Waals surface area contributed by atoms with Gasteiger partial charge in [0.15, 0.2) is 5.78 Å². The van der Waals surface area contributed by atoms with E-state index < -0.39 is 0 Å². The van der Waals surface area contributed by atoms with E-state index in [1.54, 1.807) is 14.0 Å². The summed E-state index contributed by atoms with van der Waals surface area (Å²) in [5, 5.41) is 3.04. The number of hydrogen-bond acceptors (Lipinski definition) is 3. The van der Waals surface area contributed by atoms with Crippen LogP contribution in [-0.4, -0.2) is 18.8 Å². The van der Waals surface area contributed by atoms with Crippen LogP contribution in [0, 0.1) is 24.7 Å². The minimum Gasteiger partial charge on any atom is -0.496 e. The number of ether oxygens (including phenoxy) is 1. The number of amides is 1. The van der Waals surface area contributed by atoms with Gasteiger partial charge in [-0.05, 0) is 68.2 Å². The Balaban J connectivity index is 0.000000353. The van der Waals surface area contributed by atoms with E-state index in [1.807, 2.05) is 64.1 Å². The molecule has 2 aromatic rings. The molecule has 1 saturated carbocycles. The predicted octanol–water partition coefficient (Wildman–Crippen LogP) is 8.25. The number of Topliss-reactive ketones (excluding diaryl/α,β-unsaturated/α-hetero) is 1. The van der Waals surface area contributed by atoms with Crippen molar-refractivity contribution in [2.24, 2.45) is 17.8 Å². The van der Waals surface area contributed by atoms with Gasteiger partial charge in [0.2, 0.25) is 5.91 Å². The highest BCUT2D eigenvalue weighted by molar-refractivity contribution is 9.10. The van der Waals surface area contributed by atoms with Gasteiger partial charge in [-0.2, -0.15) is 0 Å². The molecule has 188 valence electrons. The molecule has 4 nitrogen and oxygen atoms in total. The van der Waals surface area contributed by atoms with Gasteiger partial charge in [0, 0.05) is 27.7 Å². The fourth-order valence-electron chi connectivity index (χ4n) is 4.46. The SMILES string of the molecule is CC.CCC1CC(C)C(C(=O)Nc2ccc(C)c(OC)c2)C1.CCc1c(Br)cccc1C(C)=O. The highest BCUT2D eigenvalue weighted by Crippen LogP contribution is 2.38. The Labute approximate surface area is 215 Å². The maximum Gasteiger partial charge on any atom is 0.227 e. The molecule has 3 unspecified atom stereocenters. The van der Waals surface area contributed by atoms with Crippen LogP contribution in [-0.2, 0) is 11.2 Å². The molecule has 1 aliphatic rings. The molecule has 3 rings (SSSR count). The Hall–Kier alpha value is -2.14. The van der Waals surface area contributed by atoms with Crippen LogP contribution in [0.5, 0.6) is 5.75 Å². The second-order valence-corrected chi connectivity index (χ2v) is 9.53. The zero-order valence-corrected chi connectivity index (χ0v) is 23.7. The number of hydrogen-bond donors (Lipinski definition) is 1. The van der Waals surface area contributed by atoms with Crippen LogP contribution < -0.4 is 10.1 Å². The largest absolute Gasteiger partial charge is 0.496 e. The maximum absolute atomic E-state index is 12.4. The van der Waals surface area contributed by atoms with Crippen molar-refractivity contribution in [3.8, 4) is 5.75 Å². The number of methoxy groups -OCH3 is 1. The van der Waals surface area contributed by atoms with E-state index in [9.17, 15) is 9.59 Å². The third-order valence-corrected chi connectivity index (χ3v) is 7.16. The first-order valence-corrected chi connectivity index (χ1v) is 13.2. The summed E-state index contributed by atoms with van der Waals surface area (Å²) in [6.45, 7) is 14.0. The molecule has 1 aliphatic carbocycles. The van der Waals surface area contributed by atoms with Crippen molar-refractivity contribution in [3.05, 3.63) is 57.6 Å². The minimum absolute atomic E-state index is 0.133. The van der Waals surface area contributed by atoms with E-state index in [1.165, 1.54) is 12.8 Å². The molecule has 0 saturated heterocycles. The van der Waals surface area contributed by atoms with Crippen LogP contribution in [0.2, 0.25) is 0 Å². The summed E-state index contributed by atoms with van der Waals surface area (Å²) in [4.78, 5) is 23.6. The van der Waals surface area contributed by atoms with Gasteiger partial charge in [-0.25, -0.2) is 0 Å². The zero-order chi connectivity index (χ0) is 25.8. The molecule has 2 aromatic carbocycles. The summed E-state index contributed by atoms with van der Waals surface area (Å²) in [6.07, 6.45) is 4.25. The molecule has 0 radical (unpaired) electrons. The summed E-state index contributed by atoms with van der Waals surface area (Å²) in [5.74, 6) is 2.43. The van der Waals surface area contributed by atoms with Crippen LogP contribution >= 0.6 is 15.9 Å². The Morgan fingerprint density at radius 2 is 1.79 bits per heavy atom. The van der Waals surface area contributed by atoms with Crippen molar-refractivity contribution in [3.63, 3.8) is 0 Å². The predicted molar refractivity (Wildman–Crippen MR) is 147 cm³/mol. The molecule has 1 fully saturated rings. The molecule has 5 heteroatoms. The Morgan fingerprint density at radius 1 is 1.12 bits per heavy atom. The van der Waals surface area contributed by atoms with Gasteiger partial charge in [0.1, 0.15) is 5.75 Å². The second kappa shape index (κ2) is 15.0. The van der Waals surface area contributed by atoms with E-state index in [-0.39, 0.29) is 17.6 Å². The van der Waals surface area contributed by atoms with Crippen LogP contribution in [0.3, 0.4) is 0 Å². The first-order chi connectivity index (χ1) is 16.2. The fourth-order valence-corrected chi connectivity index (χ4v) is 5.10. The number of carbonyl (C=O) groups excluding carboxylic acids is 2. The van der Waals surface area contributed by atoms with Gasteiger partial charge >= 0.3 is 0 Å². The van der Waals surface area contributed by atoms with E-state index in [0.717, 1.165) is 45.4 Å². The molecule has 1 N–H and O–H groups in total. The number of nitrogens with one attached hydrogen (secondary N) is 1. The average Bonchev–Trinajstić information content (AvgIpc) is 3.22. The standard InChI is InChI=1S/C17H25NO2.C10H11BrO.C2H6/c1-5-13-8-12(3)15(9-13)17(19)18-14-7-6-11(2)16(10-14)20-4;1-3-8-9(7(2)12)5-4-6-10(8)11;1-2/h6-7,10,12-13,15H,5,8-9H2,1-4H3,(H,18,19);4-6H,3H2,1-2H3;1-2H3. The molecule has 3 atom stereocenters. The number of ketones is 1. The lowest BCUT2D eigenvalue weighted by Crippen LogP contribution is -2.24. The summed E-state index contributed by atoms with van der Waals surface area (Å²) >= 11 is 3.42. The third-order valence-electron chi connectivity index (χ3n) is 6.42. The fraction of sp³-hybridized carbons (Fsp3) is 0.517. The monoisotopic (exact) mass is 531 g/mol. The third kappa shape index (κ3) is 8.26. The van der Waals surface area contributed by atoms with Crippen molar-refractivity contribution in [1.82, 2.24) is 0 Å². The summed E-state index contributed by atoms with van der Waals surface area (Å²) < 4.78 is 6.32. The van der Waals surface area contributed by atoms with Gasteiger partial charge < -0.3 is 10.1 Å². The smallest absolute Gasteiger partial charge is 0.227 e. The molecule has 1 amide bonds. The first kappa shape index (κ1) is 29.9. The second-order valence-electron chi connectivity index (χ2n) is 8.68. The van der Waals surface area contributed by atoms with E-state index in [0.29, 0.717) is 11.8 Å². The highest BCUT2D eigenvalue weighted by Gasteiger charge is 2.35. The van der Waals surface area contributed by atoms with Gasteiger partial charge in [-0.3, -0.25) is 9.59 Å². The van der Waals surface area contributed by atoms with Crippen LogP contribution in [0.4, 0.5) is 5.69 Å². The van der Waals surface area contributed by atoms with Crippen molar-refractivity contribution in [1.29, 1.82) is 0 Å². The lowest BCUT2D eigenvalue weighted by molar-refractivity contribution is -0.120. The van der Waals surface area contributed by atoms with Gasteiger partial charge in [0.25, 0.3) is 0 Å². The van der Waals surface area contributed by atoms with Crippen molar-refractivity contribution in [2.75, 3.05) is 12.4 Å². The summed E-state index contributed by atoms with van der Waals surface area (Å²) in [6, 6.07) is 11.5. The molecule has 0 aromatic heterocycles. The number of anilines is 1. The first-order valence-electron chi connectivity index (χ1n) is 12.5. The van der Waals surface area contributed by atoms with Crippen molar-refractivity contribution in [2.45, 2.75) is 74.1 Å². The molecule has 34 heavy (non-hydrogen) atoms. The maximum atomic E-state index is 12.4. The topological polar surface area (TPSA) is 55.4 Å². The quantitative estimate of drug-likeness (QED) is 0.381. The van der Waals surface area contributed by atoms with Gasteiger partial charge in [-0.1, -0.05) is 75.2 Å². The molecule has 0 aliphatic heterocycles. The van der Waals surface area contributed by atoms with Crippen LogP contribution in [0.15, 0.2) is 40.9 Å². The molecule has 0 spiro atoms. The Morgan fingerprint density at radius 3 is 2.29 bits per heavy atom. The number of benzene rings is 2. The molecule has 0 heterocycles. The van der Waals surface area contributed by atoms with E-state index >= 15 is 0 Å². The lowest BCUT2D eigenvalue weighted by atomic mass is 9.97. The molecular weight excluding hydrogens is 490 g/mol. The van der Waals surface area contributed by atoms with Crippen molar-refractivity contribution < 1.29 is 14.3 Å². The highest BCUT2D eigenvalue weighted by atomic mass is 79.9. The Bertz CT molecular complexity index is 941. The number of rotatable bonds is 6. The van der Waals surface area contributed by atoms with Gasteiger partial charge in [0.05, 0.1) is 7.11 Å². The van der Waals surface area contributed by atoms with E-state index in [4.69, 9.17) is 4.74 Å². The average molecular weight is 533 g/mol. The van der Waals surface area contributed by atoms with Crippen molar-refractivity contribution >= 4 is 33.3 Å². The molecule has 0 bridgehead atoms. The molecular formula is C29H42BrNO3. The number of aryl methyl sites for hydroxylation is 1. The zero-order valence-electron chi connectivity index (χ0n) is 22.1. The lowest BCUT2D eigenvalue weighted by Gasteiger charge is -2.16. The van der Waals surface area contributed by atoms with Gasteiger partial charge in [-0.15, -0.1) is 0 Å². The van der Waals surface area contributed by atoms with Crippen LogP contribution in [0.25, 0.3) is 0 Å². The summed E-state index contributed by atoms with van der Waals surface area (Å²) in [5.41, 5.74) is 3.83.